The predicted molar refractivity (Wildman–Crippen MR) is 74.2 cm³/mol. The van der Waals surface area contributed by atoms with Crippen molar-refractivity contribution in [3.63, 3.8) is 0 Å². The van der Waals surface area contributed by atoms with Crippen LogP contribution in [0.4, 0.5) is 0 Å². The molecule has 0 atom stereocenters. The van der Waals surface area contributed by atoms with Gasteiger partial charge in [0.25, 0.3) is 5.91 Å². The van der Waals surface area contributed by atoms with Crippen LogP contribution in [0.5, 0.6) is 0 Å². The Labute approximate surface area is 119 Å². The molecule has 3 rings (SSSR count). The molecule has 0 aliphatic carbocycles. The standard InChI is InChI=1S/C13H12N4O2S/c1-17(8-9-6-14-15-7-9)13(18)10-5-11(19-16-10)12-3-2-4-20-12/h2-7H,8H2,1H3,(H,14,15). The number of nitrogens with zero attached hydrogens (tertiary/aromatic N) is 3. The summed E-state index contributed by atoms with van der Waals surface area (Å²) in [6.45, 7) is 0.469. The molecule has 0 unspecified atom stereocenters. The van der Waals surface area contributed by atoms with E-state index in [1.54, 1.807) is 41.7 Å². The third-order valence-electron chi connectivity index (χ3n) is 2.81. The highest BCUT2D eigenvalue weighted by atomic mass is 32.1. The second-order valence-electron chi connectivity index (χ2n) is 4.32. The summed E-state index contributed by atoms with van der Waals surface area (Å²) >= 11 is 1.54. The van der Waals surface area contributed by atoms with Crippen LogP contribution in [0.1, 0.15) is 16.1 Å². The number of nitrogens with one attached hydrogen (secondary N) is 1. The zero-order valence-corrected chi connectivity index (χ0v) is 11.6. The Morgan fingerprint density at radius 2 is 2.45 bits per heavy atom. The number of amides is 1. The Kier molecular flexibility index (Phi) is 3.34. The fourth-order valence-corrected chi connectivity index (χ4v) is 2.49. The lowest BCUT2D eigenvalue weighted by Gasteiger charge is -2.13. The Balaban J connectivity index is 1.74. The first kappa shape index (κ1) is 12.6. The molecule has 7 heteroatoms. The van der Waals surface area contributed by atoms with E-state index in [0.717, 1.165) is 10.4 Å². The van der Waals surface area contributed by atoms with Crippen molar-refractivity contribution in [1.82, 2.24) is 20.3 Å². The number of carbonyl (C=O) groups is 1. The van der Waals surface area contributed by atoms with Gasteiger partial charge in [-0.25, -0.2) is 0 Å². The molecule has 1 amide bonds. The molecule has 20 heavy (non-hydrogen) atoms. The van der Waals surface area contributed by atoms with Crippen molar-refractivity contribution in [2.45, 2.75) is 6.54 Å². The van der Waals surface area contributed by atoms with E-state index in [9.17, 15) is 4.79 Å². The second kappa shape index (κ2) is 5.30. The molecular formula is C13H12N4O2S. The van der Waals surface area contributed by atoms with Crippen LogP contribution in [0.15, 0.2) is 40.5 Å². The molecule has 0 aliphatic heterocycles. The van der Waals surface area contributed by atoms with Crippen molar-refractivity contribution in [2.75, 3.05) is 7.05 Å². The Hall–Kier alpha value is -2.41. The topological polar surface area (TPSA) is 75.0 Å². The van der Waals surface area contributed by atoms with Gasteiger partial charge in [-0.05, 0) is 11.4 Å². The summed E-state index contributed by atoms with van der Waals surface area (Å²) in [7, 11) is 1.72. The summed E-state index contributed by atoms with van der Waals surface area (Å²) in [6.07, 6.45) is 3.44. The van der Waals surface area contributed by atoms with Crippen LogP contribution in [0, 0.1) is 0 Å². The van der Waals surface area contributed by atoms with Gasteiger partial charge < -0.3 is 9.42 Å². The molecule has 0 aromatic carbocycles. The average molecular weight is 288 g/mol. The first-order valence-corrected chi connectivity index (χ1v) is 6.86. The van der Waals surface area contributed by atoms with Crippen molar-refractivity contribution in [3.05, 3.63) is 47.2 Å². The number of rotatable bonds is 4. The monoisotopic (exact) mass is 288 g/mol. The second-order valence-corrected chi connectivity index (χ2v) is 5.27. The zero-order valence-electron chi connectivity index (χ0n) is 10.7. The van der Waals surface area contributed by atoms with Gasteiger partial charge in [0.1, 0.15) is 0 Å². The van der Waals surface area contributed by atoms with Crippen molar-refractivity contribution in [2.24, 2.45) is 0 Å². The van der Waals surface area contributed by atoms with Gasteiger partial charge in [-0.3, -0.25) is 9.89 Å². The predicted octanol–water partition coefficient (Wildman–Crippen LogP) is 2.40. The van der Waals surface area contributed by atoms with E-state index in [2.05, 4.69) is 15.4 Å². The quantitative estimate of drug-likeness (QED) is 0.800. The maximum Gasteiger partial charge on any atom is 0.276 e. The van der Waals surface area contributed by atoms with Gasteiger partial charge in [-0.15, -0.1) is 11.3 Å². The third kappa shape index (κ3) is 2.48. The van der Waals surface area contributed by atoms with Gasteiger partial charge in [0.2, 0.25) is 0 Å². The minimum Gasteiger partial charge on any atom is -0.355 e. The van der Waals surface area contributed by atoms with Crippen LogP contribution in [0.3, 0.4) is 0 Å². The molecule has 0 bridgehead atoms. The van der Waals surface area contributed by atoms with Crippen LogP contribution in [0.25, 0.3) is 10.6 Å². The van der Waals surface area contributed by atoms with E-state index in [4.69, 9.17) is 4.52 Å². The first-order valence-electron chi connectivity index (χ1n) is 5.98. The van der Waals surface area contributed by atoms with E-state index in [1.165, 1.54) is 0 Å². The summed E-state index contributed by atoms with van der Waals surface area (Å²) in [6, 6.07) is 5.52. The summed E-state index contributed by atoms with van der Waals surface area (Å²) in [4.78, 5) is 14.8. The van der Waals surface area contributed by atoms with Gasteiger partial charge in [0.05, 0.1) is 11.1 Å². The van der Waals surface area contributed by atoms with Crippen LogP contribution < -0.4 is 0 Å². The number of aromatic amines is 1. The summed E-state index contributed by atoms with van der Waals surface area (Å²) in [5.41, 5.74) is 1.24. The molecule has 3 heterocycles. The van der Waals surface area contributed by atoms with Crippen molar-refractivity contribution in [3.8, 4) is 10.6 Å². The first-order chi connectivity index (χ1) is 9.74. The van der Waals surface area contributed by atoms with E-state index < -0.39 is 0 Å². The average Bonchev–Trinajstić information content (AvgIpc) is 3.18. The Morgan fingerprint density at radius 1 is 1.55 bits per heavy atom. The lowest BCUT2D eigenvalue weighted by Crippen LogP contribution is -2.26. The van der Waals surface area contributed by atoms with E-state index in [-0.39, 0.29) is 5.91 Å². The van der Waals surface area contributed by atoms with E-state index in [1.807, 2.05) is 17.5 Å². The molecule has 0 saturated heterocycles. The summed E-state index contributed by atoms with van der Waals surface area (Å²) in [5, 5.41) is 12.4. The molecule has 0 aliphatic rings. The van der Waals surface area contributed by atoms with Crippen molar-refractivity contribution in [1.29, 1.82) is 0 Å². The van der Waals surface area contributed by atoms with Crippen LogP contribution in [0.2, 0.25) is 0 Å². The fraction of sp³-hybridized carbons (Fsp3) is 0.154. The number of thiophene rings is 1. The maximum absolute atomic E-state index is 12.2. The highest BCUT2D eigenvalue weighted by Crippen LogP contribution is 2.25. The molecule has 3 aromatic heterocycles. The van der Waals surface area contributed by atoms with E-state index in [0.29, 0.717) is 18.0 Å². The molecule has 3 aromatic rings. The van der Waals surface area contributed by atoms with Gasteiger partial charge in [-0.2, -0.15) is 5.10 Å². The molecule has 0 saturated carbocycles. The SMILES string of the molecule is CN(Cc1cn[nH]c1)C(=O)c1cc(-c2cccs2)on1. The lowest BCUT2D eigenvalue weighted by atomic mass is 10.3. The zero-order chi connectivity index (χ0) is 13.9. The summed E-state index contributed by atoms with van der Waals surface area (Å²) in [5.74, 6) is 0.429. The van der Waals surface area contributed by atoms with Crippen LogP contribution >= 0.6 is 11.3 Å². The largest absolute Gasteiger partial charge is 0.355 e. The van der Waals surface area contributed by atoms with Gasteiger partial charge in [0, 0.05) is 31.4 Å². The van der Waals surface area contributed by atoms with E-state index >= 15 is 0 Å². The Morgan fingerprint density at radius 3 is 3.15 bits per heavy atom. The van der Waals surface area contributed by atoms with Crippen molar-refractivity contribution < 1.29 is 9.32 Å². The number of aromatic nitrogens is 3. The number of carbonyl (C=O) groups excluding carboxylic acids is 1. The smallest absolute Gasteiger partial charge is 0.276 e. The highest BCUT2D eigenvalue weighted by molar-refractivity contribution is 7.13. The molecule has 0 radical (unpaired) electrons. The molecule has 1 N–H and O–H groups in total. The minimum absolute atomic E-state index is 0.183. The number of H-pyrrole nitrogens is 1. The molecule has 102 valence electrons. The van der Waals surface area contributed by atoms with Gasteiger partial charge in [-0.1, -0.05) is 11.2 Å². The molecule has 0 fully saturated rings. The lowest BCUT2D eigenvalue weighted by molar-refractivity contribution is 0.0775. The maximum atomic E-state index is 12.2. The normalized spacial score (nSPS) is 10.7. The highest BCUT2D eigenvalue weighted by Gasteiger charge is 2.18. The molecule has 0 spiro atoms. The summed E-state index contributed by atoms with van der Waals surface area (Å²) < 4.78 is 5.21. The molecule has 6 nitrogen and oxygen atoms in total. The fourth-order valence-electron chi connectivity index (χ4n) is 1.82. The van der Waals surface area contributed by atoms with Crippen molar-refractivity contribution >= 4 is 17.2 Å². The molecular weight excluding hydrogens is 276 g/mol. The third-order valence-corrected chi connectivity index (χ3v) is 3.70. The van der Waals surface area contributed by atoms with Gasteiger partial charge >= 0.3 is 0 Å². The van der Waals surface area contributed by atoms with Gasteiger partial charge in [0.15, 0.2) is 11.5 Å². The van der Waals surface area contributed by atoms with Crippen LogP contribution in [-0.2, 0) is 6.54 Å². The Bertz CT molecular complexity index is 688. The minimum atomic E-state index is -0.183. The number of hydrogen-bond donors (Lipinski definition) is 1. The number of hydrogen-bond acceptors (Lipinski definition) is 5. The van der Waals surface area contributed by atoms with Crippen LogP contribution in [-0.4, -0.2) is 33.2 Å².